The Morgan fingerprint density at radius 2 is 1.83 bits per heavy atom. The molecule has 1 fully saturated rings. The number of halogens is 3. The molecule has 1 aliphatic rings. The van der Waals surface area contributed by atoms with Crippen LogP contribution in [0.15, 0.2) is 24.3 Å². The smallest absolute Gasteiger partial charge is 0.263 e. The van der Waals surface area contributed by atoms with Crippen LogP contribution in [0, 0.1) is 0 Å². The molecular weight excluding hydrogens is 258 g/mol. The predicted octanol–water partition coefficient (Wildman–Crippen LogP) is 2.84. The monoisotopic (exact) mass is 276 g/mol. The van der Waals surface area contributed by atoms with Crippen molar-refractivity contribution in [1.82, 2.24) is 10.2 Å². The Morgan fingerprint density at radius 3 is 2.50 bits per heavy atom. The van der Waals surface area contributed by atoms with Crippen LogP contribution in [-0.2, 0) is 6.54 Å². The maximum Gasteiger partial charge on any atom is 0.263 e. The van der Waals surface area contributed by atoms with Crippen molar-refractivity contribution in [3.63, 3.8) is 0 Å². The average molecular weight is 277 g/mol. The summed E-state index contributed by atoms with van der Waals surface area (Å²) >= 11 is 0. The molecule has 1 heterocycles. The molecule has 0 aromatic heterocycles. The van der Waals surface area contributed by atoms with Gasteiger partial charge >= 0.3 is 0 Å². The zero-order valence-corrected chi connectivity index (χ0v) is 11.1. The summed E-state index contributed by atoms with van der Waals surface area (Å²) in [5.41, 5.74) is 1.21. The third kappa shape index (κ3) is 4.52. The molecule has 0 aliphatic carbocycles. The second kappa shape index (κ2) is 7.67. The summed E-state index contributed by atoms with van der Waals surface area (Å²) in [5, 5.41) is 3.35. The molecule has 0 amide bonds. The molecule has 1 aliphatic heterocycles. The van der Waals surface area contributed by atoms with Crippen LogP contribution in [0.4, 0.5) is 8.78 Å². The molecule has 0 atom stereocenters. The Hall–Kier alpha value is -0.710. The number of alkyl halides is 2. The molecule has 1 aromatic rings. The average Bonchev–Trinajstić information content (AvgIpc) is 2.58. The van der Waals surface area contributed by atoms with Gasteiger partial charge in [-0.3, -0.25) is 4.90 Å². The van der Waals surface area contributed by atoms with Gasteiger partial charge in [0.05, 0.1) is 0 Å². The third-order valence-corrected chi connectivity index (χ3v) is 3.07. The Kier molecular flexibility index (Phi) is 6.54. The number of nitrogens with one attached hydrogen (secondary N) is 1. The first-order valence-corrected chi connectivity index (χ1v) is 6.06. The zero-order valence-electron chi connectivity index (χ0n) is 10.2. The van der Waals surface area contributed by atoms with Gasteiger partial charge in [0.2, 0.25) is 0 Å². The largest absolute Gasteiger partial charge is 0.315 e. The topological polar surface area (TPSA) is 15.3 Å². The van der Waals surface area contributed by atoms with Gasteiger partial charge in [0.15, 0.2) is 0 Å². The van der Waals surface area contributed by atoms with Crippen molar-refractivity contribution in [2.75, 3.05) is 26.2 Å². The minimum absolute atomic E-state index is 0. The van der Waals surface area contributed by atoms with Crippen LogP contribution in [0.25, 0.3) is 0 Å². The number of rotatable bonds is 3. The quantitative estimate of drug-likeness (QED) is 0.913. The summed E-state index contributed by atoms with van der Waals surface area (Å²) in [6, 6.07) is 6.66. The van der Waals surface area contributed by atoms with Gasteiger partial charge in [0, 0.05) is 25.2 Å². The van der Waals surface area contributed by atoms with E-state index in [-0.39, 0.29) is 18.0 Å². The zero-order chi connectivity index (χ0) is 12.1. The molecule has 0 unspecified atom stereocenters. The van der Waals surface area contributed by atoms with E-state index in [1.807, 2.05) is 0 Å². The fourth-order valence-corrected chi connectivity index (χ4v) is 2.09. The van der Waals surface area contributed by atoms with Crippen LogP contribution in [0.3, 0.4) is 0 Å². The fourth-order valence-electron chi connectivity index (χ4n) is 2.09. The highest BCUT2D eigenvalue weighted by Crippen LogP contribution is 2.19. The van der Waals surface area contributed by atoms with Gasteiger partial charge < -0.3 is 5.32 Å². The number of benzene rings is 1. The molecule has 0 radical (unpaired) electrons. The lowest BCUT2D eigenvalue weighted by atomic mass is 10.1. The van der Waals surface area contributed by atoms with E-state index >= 15 is 0 Å². The molecule has 0 saturated carbocycles. The lowest BCUT2D eigenvalue weighted by molar-refractivity contribution is 0.151. The highest BCUT2D eigenvalue weighted by molar-refractivity contribution is 5.85. The van der Waals surface area contributed by atoms with E-state index in [0.717, 1.165) is 44.7 Å². The van der Waals surface area contributed by atoms with E-state index in [0.29, 0.717) is 0 Å². The molecule has 1 saturated heterocycles. The highest BCUT2D eigenvalue weighted by Gasteiger charge is 2.10. The maximum atomic E-state index is 12.4. The van der Waals surface area contributed by atoms with E-state index in [2.05, 4.69) is 10.2 Å². The SMILES string of the molecule is Cl.FC(F)c1ccc(CN2CCCNCC2)cc1. The Morgan fingerprint density at radius 1 is 1.11 bits per heavy atom. The van der Waals surface area contributed by atoms with Crippen LogP contribution >= 0.6 is 12.4 Å². The second-order valence-corrected chi connectivity index (χ2v) is 4.42. The van der Waals surface area contributed by atoms with Crippen LogP contribution < -0.4 is 5.32 Å². The van der Waals surface area contributed by atoms with Crippen molar-refractivity contribution in [3.05, 3.63) is 35.4 Å². The van der Waals surface area contributed by atoms with Gasteiger partial charge in [-0.15, -0.1) is 12.4 Å². The van der Waals surface area contributed by atoms with Crippen molar-refractivity contribution in [2.45, 2.75) is 19.4 Å². The molecule has 18 heavy (non-hydrogen) atoms. The van der Waals surface area contributed by atoms with Crippen LogP contribution in [0.2, 0.25) is 0 Å². The summed E-state index contributed by atoms with van der Waals surface area (Å²) in [5.74, 6) is 0. The summed E-state index contributed by atoms with van der Waals surface area (Å²) < 4.78 is 24.8. The minimum Gasteiger partial charge on any atom is -0.315 e. The van der Waals surface area contributed by atoms with Crippen molar-refractivity contribution < 1.29 is 8.78 Å². The predicted molar refractivity (Wildman–Crippen MR) is 71.4 cm³/mol. The number of hydrogen-bond acceptors (Lipinski definition) is 2. The van der Waals surface area contributed by atoms with Crippen molar-refractivity contribution in [1.29, 1.82) is 0 Å². The molecule has 102 valence electrons. The highest BCUT2D eigenvalue weighted by atomic mass is 35.5. The van der Waals surface area contributed by atoms with Gasteiger partial charge in [-0.1, -0.05) is 24.3 Å². The van der Waals surface area contributed by atoms with Gasteiger partial charge in [0.1, 0.15) is 0 Å². The first kappa shape index (κ1) is 15.3. The Bertz CT molecular complexity index is 335. The van der Waals surface area contributed by atoms with E-state index in [1.165, 1.54) is 12.1 Å². The first-order chi connectivity index (χ1) is 8.25. The molecule has 2 rings (SSSR count). The molecule has 0 spiro atoms. The van der Waals surface area contributed by atoms with Crippen LogP contribution in [0.5, 0.6) is 0 Å². The number of nitrogens with zero attached hydrogens (tertiary/aromatic N) is 1. The maximum absolute atomic E-state index is 12.4. The van der Waals surface area contributed by atoms with E-state index in [9.17, 15) is 8.78 Å². The number of hydrogen-bond donors (Lipinski definition) is 1. The minimum atomic E-state index is -2.37. The molecule has 1 aromatic carbocycles. The van der Waals surface area contributed by atoms with Crippen molar-refractivity contribution in [2.24, 2.45) is 0 Å². The van der Waals surface area contributed by atoms with Gasteiger partial charge in [-0.2, -0.15) is 0 Å². The molecule has 0 bridgehead atoms. The second-order valence-electron chi connectivity index (χ2n) is 4.42. The first-order valence-electron chi connectivity index (χ1n) is 6.06. The molecule has 5 heteroatoms. The van der Waals surface area contributed by atoms with Crippen LogP contribution in [0.1, 0.15) is 24.0 Å². The van der Waals surface area contributed by atoms with E-state index in [4.69, 9.17) is 0 Å². The van der Waals surface area contributed by atoms with Gasteiger partial charge in [-0.05, 0) is 25.1 Å². The normalized spacial score (nSPS) is 17.3. The lowest BCUT2D eigenvalue weighted by Crippen LogP contribution is -2.27. The summed E-state index contributed by atoms with van der Waals surface area (Å²) in [6.07, 6.45) is -1.22. The summed E-state index contributed by atoms with van der Waals surface area (Å²) in [6.45, 7) is 5.03. The fraction of sp³-hybridized carbons (Fsp3) is 0.538. The molecule has 2 nitrogen and oxygen atoms in total. The summed E-state index contributed by atoms with van der Waals surface area (Å²) in [4.78, 5) is 2.36. The molecule has 1 N–H and O–H groups in total. The van der Waals surface area contributed by atoms with E-state index < -0.39 is 6.43 Å². The standard InChI is InChI=1S/C13H18F2N2.ClH/c14-13(15)12-4-2-11(3-5-12)10-17-8-1-6-16-7-9-17;/h2-5,13,16H,1,6-10H2;1H. The van der Waals surface area contributed by atoms with Crippen molar-refractivity contribution >= 4 is 12.4 Å². The Balaban J connectivity index is 0.00000162. The summed E-state index contributed by atoms with van der Waals surface area (Å²) in [7, 11) is 0. The van der Waals surface area contributed by atoms with E-state index in [1.54, 1.807) is 12.1 Å². The van der Waals surface area contributed by atoms with Crippen LogP contribution in [-0.4, -0.2) is 31.1 Å². The van der Waals surface area contributed by atoms with Gasteiger partial charge in [0.25, 0.3) is 6.43 Å². The Labute approximate surface area is 113 Å². The molecular formula is C13H19ClF2N2. The van der Waals surface area contributed by atoms with Crippen molar-refractivity contribution in [3.8, 4) is 0 Å². The third-order valence-electron chi connectivity index (χ3n) is 3.07. The van der Waals surface area contributed by atoms with Gasteiger partial charge in [-0.25, -0.2) is 8.78 Å². The lowest BCUT2D eigenvalue weighted by Gasteiger charge is -2.19.